The van der Waals surface area contributed by atoms with E-state index in [1.165, 1.54) is 18.2 Å². The van der Waals surface area contributed by atoms with Gasteiger partial charge in [-0.1, -0.05) is 11.6 Å². The first-order valence-electron chi connectivity index (χ1n) is 8.92. The zero-order valence-corrected chi connectivity index (χ0v) is 15.6. The maximum absolute atomic E-state index is 12.1. The lowest BCUT2D eigenvalue weighted by atomic mass is 10.2. The Labute approximate surface area is 166 Å². The van der Waals surface area contributed by atoms with Gasteiger partial charge in [0.2, 0.25) is 0 Å². The molecule has 7 nitrogen and oxygen atoms in total. The van der Waals surface area contributed by atoms with Crippen LogP contribution in [0.15, 0.2) is 36.4 Å². The first-order valence-corrected chi connectivity index (χ1v) is 9.29. The van der Waals surface area contributed by atoms with E-state index in [0.717, 1.165) is 25.7 Å². The van der Waals surface area contributed by atoms with Gasteiger partial charge in [0.1, 0.15) is 11.3 Å². The lowest BCUT2D eigenvalue weighted by molar-refractivity contribution is -0.119. The Morgan fingerprint density at radius 3 is 2.61 bits per heavy atom. The Morgan fingerprint density at radius 1 is 1.11 bits per heavy atom. The fourth-order valence-electron chi connectivity index (χ4n) is 3.37. The summed E-state index contributed by atoms with van der Waals surface area (Å²) < 4.78 is 16.8. The summed E-state index contributed by atoms with van der Waals surface area (Å²) in [7, 11) is 0. The summed E-state index contributed by atoms with van der Waals surface area (Å²) >= 11 is 5.72. The number of hydrogen-bond acceptors (Lipinski definition) is 6. The topological polar surface area (TPSA) is 94.1 Å². The third-order valence-corrected chi connectivity index (χ3v) is 4.93. The number of phenols is 1. The molecule has 0 radical (unpaired) electrons. The lowest BCUT2D eigenvalue weighted by Gasteiger charge is -2.21. The highest BCUT2D eigenvalue weighted by atomic mass is 35.5. The summed E-state index contributed by atoms with van der Waals surface area (Å²) in [5.74, 6) is -0.975. The molecule has 0 atom stereocenters. The number of halogens is 1. The molecule has 2 N–H and O–H groups in total. The smallest absolute Gasteiger partial charge is 0.342 e. The molecule has 1 saturated carbocycles. The minimum atomic E-state index is -0.821. The van der Waals surface area contributed by atoms with Crippen molar-refractivity contribution >= 4 is 29.2 Å². The number of phenolic OH excluding ortho intramolecular Hbond substituents is 1. The fraction of sp³-hybridized carbons (Fsp3) is 0.300. The van der Waals surface area contributed by atoms with Crippen LogP contribution in [0.4, 0.5) is 5.69 Å². The SMILES string of the molecule is O=C(COC(=O)c1ccc(Cl)cc1O)Nc1ccc2c(c1)OC1(CCCC1)O2. The molecule has 1 heterocycles. The van der Waals surface area contributed by atoms with E-state index in [0.29, 0.717) is 17.2 Å². The number of anilines is 1. The van der Waals surface area contributed by atoms with Gasteiger partial charge >= 0.3 is 5.97 Å². The minimum absolute atomic E-state index is 0.0675. The molecule has 2 aromatic carbocycles. The van der Waals surface area contributed by atoms with Crippen LogP contribution in [0.2, 0.25) is 5.02 Å². The molecule has 0 bridgehead atoms. The second-order valence-electron chi connectivity index (χ2n) is 6.77. The first kappa shape index (κ1) is 18.4. The monoisotopic (exact) mass is 403 g/mol. The average Bonchev–Trinajstić information content (AvgIpc) is 3.25. The van der Waals surface area contributed by atoms with Crippen molar-refractivity contribution in [3.8, 4) is 17.2 Å². The predicted octanol–water partition coefficient (Wildman–Crippen LogP) is 3.88. The van der Waals surface area contributed by atoms with Crippen LogP contribution in [0.3, 0.4) is 0 Å². The van der Waals surface area contributed by atoms with Gasteiger partial charge in [0.15, 0.2) is 18.1 Å². The molecular weight excluding hydrogens is 386 g/mol. The summed E-state index contributed by atoms with van der Waals surface area (Å²) in [4.78, 5) is 24.1. The number of hydrogen-bond donors (Lipinski definition) is 2. The van der Waals surface area contributed by atoms with E-state index in [1.54, 1.807) is 18.2 Å². The molecule has 28 heavy (non-hydrogen) atoms. The van der Waals surface area contributed by atoms with E-state index < -0.39 is 24.3 Å². The molecule has 1 fully saturated rings. The van der Waals surface area contributed by atoms with Crippen molar-refractivity contribution in [1.82, 2.24) is 0 Å². The number of amides is 1. The zero-order chi connectivity index (χ0) is 19.7. The van der Waals surface area contributed by atoms with E-state index in [-0.39, 0.29) is 16.3 Å². The summed E-state index contributed by atoms with van der Waals surface area (Å²) in [6.45, 7) is -0.501. The highest BCUT2D eigenvalue weighted by molar-refractivity contribution is 6.30. The van der Waals surface area contributed by atoms with Crippen molar-refractivity contribution in [3.63, 3.8) is 0 Å². The van der Waals surface area contributed by atoms with Gasteiger partial charge < -0.3 is 24.6 Å². The summed E-state index contributed by atoms with van der Waals surface area (Å²) in [6.07, 6.45) is 3.81. The fourth-order valence-corrected chi connectivity index (χ4v) is 3.54. The molecule has 4 rings (SSSR count). The molecule has 1 amide bonds. The zero-order valence-electron chi connectivity index (χ0n) is 14.9. The van der Waals surface area contributed by atoms with Crippen molar-refractivity contribution in [3.05, 3.63) is 47.0 Å². The summed E-state index contributed by atoms with van der Waals surface area (Å²) in [5.41, 5.74) is 0.440. The summed E-state index contributed by atoms with van der Waals surface area (Å²) in [6, 6.07) is 9.13. The average molecular weight is 404 g/mol. The van der Waals surface area contributed by atoms with Crippen molar-refractivity contribution in [2.75, 3.05) is 11.9 Å². The van der Waals surface area contributed by atoms with Crippen LogP contribution in [0.5, 0.6) is 17.2 Å². The van der Waals surface area contributed by atoms with Gasteiger partial charge in [-0.05, 0) is 43.2 Å². The lowest BCUT2D eigenvalue weighted by Crippen LogP contribution is -2.34. The first-order chi connectivity index (χ1) is 13.4. The van der Waals surface area contributed by atoms with Crippen LogP contribution < -0.4 is 14.8 Å². The van der Waals surface area contributed by atoms with Gasteiger partial charge in [0, 0.05) is 29.6 Å². The number of carbonyl (C=O) groups is 2. The van der Waals surface area contributed by atoms with E-state index in [9.17, 15) is 14.7 Å². The van der Waals surface area contributed by atoms with Crippen LogP contribution in [0, 0.1) is 0 Å². The molecule has 1 aliphatic carbocycles. The van der Waals surface area contributed by atoms with Crippen LogP contribution in [-0.4, -0.2) is 29.4 Å². The van der Waals surface area contributed by atoms with E-state index in [4.69, 9.17) is 25.8 Å². The number of carbonyl (C=O) groups excluding carboxylic acids is 2. The number of benzene rings is 2. The van der Waals surface area contributed by atoms with Crippen LogP contribution in [0.1, 0.15) is 36.0 Å². The maximum atomic E-state index is 12.1. The molecule has 8 heteroatoms. The highest BCUT2D eigenvalue weighted by Gasteiger charge is 2.44. The van der Waals surface area contributed by atoms with Crippen molar-refractivity contribution in [1.29, 1.82) is 0 Å². The molecule has 0 unspecified atom stereocenters. The Kier molecular flexibility index (Phi) is 4.77. The van der Waals surface area contributed by atoms with Gasteiger partial charge in [-0.2, -0.15) is 0 Å². The predicted molar refractivity (Wildman–Crippen MR) is 101 cm³/mol. The second-order valence-corrected chi connectivity index (χ2v) is 7.21. The third kappa shape index (κ3) is 3.71. The Morgan fingerprint density at radius 2 is 1.86 bits per heavy atom. The normalized spacial score (nSPS) is 16.2. The van der Waals surface area contributed by atoms with Gasteiger partial charge in [0.05, 0.1) is 0 Å². The van der Waals surface area contributed by atoms with Gasteiger partial charge in [-0.3, -0.25) is 4.79 Å². The second kappa shape index (κ2) is 7.24. The molecule has 1 spiro atoms. The molecule has 0 saturated heterocycles. The standard InChI is InChI=1S/C20H18ClNO6/c21-12-3-5-14(15(23)9-12)19(25)26-11-18(24)22-13-4-6-16-17(10-13)28-20(27-16)7-1-2-8-20/h3-6,9-10,23H,1-2,7-8,11H2,(H,22,24). The van der Waals surface area contributed by atoms with Crippen LogP contribution in [0.25, 0.3) is 0 Å². The van der Waals surface area contributed by atoms with Crippen molar-refractivity contribution < 1.29 is 28.9 Å². The molecule has 146 valence electrons. The number of nitrogens with one attached hydrogen (secondary N) is 1. The van der Waals surface area contributed by atoms with E-state index >= 15 is 0 Å². The van der Waals surface area contributed by atoms with E-state index in [2.05, 4.69) is 5.32 Å². The number of ether oxygens (including phenoxy) is 3. The summed E-state index contributed by atoms with van der Waals surface area (Å²) in [5, 5.41) is 12.7. The molecule has 0 aromatic heterocycles. The van der Waals surface area contributed by atoms with Crippen LogP contribution >= 0.6 is 11.6 Å². The quantitative estimate of drug-likeness (QED) is 0.752. The van der Waals surface area contributed by atoms with E-state index in [1.807, 2.05) is 0 Å². The Hall–Kier alpha value is -2.93. The third-order valence-electron chi connectivity index (χ3n) is 4.70. The Balaban J connectivity index is 1.34. The van der Waals surface area contributed by atoms with Crippen molar-refractivity contribution in [2.24, 2.45) is 0 Å². The van der Waals surface area contributed by atoms with Gasteiger partial charge in [0.25, 0.3) is 11.7 Å². The van der Waals surface area contributed by atoms with Gasteiger partial charge in [-0.15, -0.1) is 0 Å². The van der Waals surface area contributed by atoms with Crippen molar-refractivity contribution in [2.45, 2.75) is 31.5 Å². The highest BCUT2D eigenvalue weighted by Crippen LogP contribution is 2.47. The number of esters is 1. The molecular formula is C20H18ClNO6. The molecule has 2 aromatic rings. The number of fused-ring (bicyclic) bond motifs is 1. The van der Waals surface area contributed by atoms with Crippen LogP contribution in [-0.2, 0) is 9.53 Å². The largest absolute Gasteiger partial charge is 0.507 e. The molecule has 2 aliphatic rings. The number of rotatable bonds is 4. The maximum Gasteiger partial charge on any atom is 0.342 e. The number of aromatic hydroxyl groups is 1. The molecule has 1 aliphatic heterocycles. The minimum Gasteiger partial charge on any atom is -0.507 e. The van der Waals surface area contributed by atoms with Gasteiger partial charge in [-0.25, -0.2) is 4.79 Å². The Bertz CT molecular complexity index is 938.